The van der Waals surface area contributed by atoms with Crippen LogP contribution in [-0.4, -0.2) is 39.8 Å². The molecule has 0 amide bonds. The third kappa shape index (κ3) is 5.93. The molecule has 0 spiro atoms. The highest BCUT2D eigenvalue weighted by Gasteiger charge is 2.28. The topological polar surface area (TPSA) is 72.8 Å². The molecule has 186 valence electrons. The van der Waals surface area contributed by atoms with Crippen molar-refractivity contribution in [1.29, 1.82) is 5.26 Å². The third-order valence-corrected chi connectivity index (χ3v) is 8.26. The Kier molecular flexibility index (Phi) is 7.91. The Balaban J connectivity index is 1.58. The van der Waals surface area contributed by atoms with Gasteiger partial charge in [0.2, 0.25) is 5.78 Å². The number of carbonyl (C=O) groups excluding carboxylic acids is 1. The Bertz CT molecular complexity index is 1110. The number of aromatic amines is 1. The second kappa shape index (κ2) is 10.9. The van der Waals surface area contributed by atoms with Gasteiger partial charge in [0.25, 0.3) is 0 Å². The molecule has 1 aromatic heterocycles. The second-order valence-corrected chi connectivity index (χ2v) is 11.1. The second-order valence-electron chi connectivity index (χ2n) is 11.1. The van der Waals surface area contributed by atoms with Crippen LogP contribution >= 0.6 is 0 Å². The van der Waals surface area contributed by atoms with Gasteiger partial charge in [-0.25, -0.2) is 4.98 Å². The first-order valence-electron chi connectivity index (χ1n) is 13.4. The number of nitrogens with one attached hydrogen (secondary N) is 1. The van der Waals surface area contributed by atoms with Crippen molar-refractivity contribution in [1.82, 2.24) is 14.9 Å². The Morgan fingerprint density at radius 3 is 2.54 bits per heavy atom. The fourth-order valence-electron chi connectivity index (χ4n) is 5.91. The fraction of sp³-hybridized carbons (Fsp3) is 0.567. The molecule has 35 heavy (non-hydrogen) atoms. The largest absolute Gasteiger partial charge is 0.327 e. The summed E-state index contributed by atoms with van der Waals surface area (Å²) in [6.07, 6.45) is 12.4. The average Bonchev–Trinajstić information content (AvgIpc) is 3.35. The monoisotopic (exact) mass is 472 g/mol. The molecule has 1 aromatic carbocycles. The van der Waals surface area contributed by atoms with Crippen LogP contribution in [0, 0.1) is 16.7 Å². The van der Waals surface area contributed by atoms with E-state index in [1.165, 1.54) is 48.6 Å². The minimum Gasteiger partial charge on any atom is -0.327 e. The van der Waals surface area contributed by atoms with Crippen LogP contribution < -0.4 is 0 Å². The zero-order valence-corrected chi connectivity index (χ0v) is 21.9. The summed E-state index contributed by atoms with van der Waals surface area (Å²) >= 11 is 0. The van der Waals surface area contributed by atoms with Gasteiger partial charge in [-0.15, -0.1) is 0 Å². The van der Waals surface area contributed by atoms with E-state index in [4.69, 9.17) is 5.26 Å². The van der Waals surface area contributed by atoms with Crippen molar-refractivity contribution in [3.05, 3.63) is 58.7 Å². The summed E-state index contributed by atoms with van der Waals surface area (Å²) in [6, 6.07) is 9.55. The molecule has 1 N–H and O–H groups in total. The van der Waals surface area contributed by atoms with Crippen LogP contribution in [0.5, 0.6) is 0 Å². The van der Waals surface area contributed by atoms with E-state index in [0.29, 0.717) is 29.5 Å². The van der Waals surface area contributed by atoms with E-state index in [1.807, 2.05) is 6.07 Å². The smallest absolute Gasteiger partial charge is 0.202 e. The predicted molar refractivity (Wildman–Crippen MR) is 141 cm³/mol. The van der Waals surface area contributed by atoms with Gasteiger partial charge in [-0.1, -0.05) is 52.0 Å². The van der Waals surface area contributed by atoms with Crippen LogP contribution in [0.25, 0.3) is 5.57 Å². The summed E-state index contributed by atoms with van der Waals surface area (Å²) in [5.41, 5.74) is 5.76. The first-order valence-corrected chi connectivity index (χ1v) is 13.4. The summed E-state index contributed by atoms with van der Waals surface area (Å²) in [5, 5.41) is 9.07. The van der Waals surface area contributed by atoms with Crippen LogP contribution in [-0.2, 0) is 6.42 Å². The van der Waals surface area contributed by atoms with E-state index in [0.717, 1.165) is 37.9 Å². The molecule has 1 fully saturated rings. The molecule has 1 saturated carbocycles. The standard InChI is InChI=1S/C30H40N4O/c1-5-34(6-2)26-11-9-21(10-12-26)23-7-8-24(18-28(35)29-32-20-25(19-31)33-29)27(17-23)22-13-15-30(3,4)16-14-22/h7-8,13,17,20-21,26H,5-6,9-12,14-16,18H2,1-4H3,(H,32,33). The molecule has 2 aliphatic rings. The Morgan fingerprint density at radius 1 is 1.20 bits per heavy atom. The molecule has 0 bridgehead atoms. The zero-order valence-electron chi connectivity index (χ0n) is 21.9. The normalized spacial score (nSPS) is 22.0. The molecule has 1 heterocycles. The highest BCUT2D eigenvalue weighted by atomic mass is 16.1. The van der Waals surface area contributed by atoms with Gasteiger partial charge in [0.15, 0.2) is 5.82 Å². The van der Waals surface area contributed by atoms with E-state index in [2.05, 4.69) is 66.8 Å². The fourth-order valence-corrected chi connectivity index (χ4v) is 5.91. The number of aromatic nitrogens is 2. The lowest BCUT2D eigenvalue weighted by Gasteiger charge is -2.36. The molecule has 2 aliphatic carbocycles. The van der Waals surface area contributed by atoms with Crippen molar-refractivity contribution in [2.75, 3.05) is 13.1 Å². The number of H-pyrrole nitrogens is 1. The van der Waals surface area contributed by atoms with Crippen LogP contribution in [0.2, 0.25) is 0 Å². The summed E-state index contributed by atoms with van der Waals surface area (Å²) in [4.78, 5) is 22.6. The minimum absolute atomic E-state index is 0.0722. The predicted octanol–water partition coefficient (Wildman–Crippen LogP) is 6.67. The van der Waals surface area contributed by atoms with E-state index < -0.39 is 0 Å². The summed E-state index contributed by atoms with van der Waals surface area (Å²) in [7, 11) is 0. The van der Waals surface area contributed by atoms with Gasteiger partial charge < -0.3 is 9.88 Å². The molecule has 0 radical (unpaired) electrons. The Morgan fingerprint density at radius 2 is 1.94 bits per heavy atom. The molecular formula is C30H40N4O. The highest BCUT2D eigenvalue weighted by Crippen LogP contribution is 2.41. The van der Waals surface area contributed by atoms with Gasteiger partial charge in [0, 0.05) is 12.5 Å². The van der Waals surface area contributed by atoms with E-state index in [1.54, 1.807) is 0 Å². The SMILES string of the molecule is CCN(CC)C1CCC(c2ccc(CC(=O)c3ncc(C#N)[nH]3)c(C3=CCC(C)(C)CC3)c2)CC1. The summed E-state index contributed by atoms with van der Waals surface area (Å²) < 4.78 is 0. The Hall–Kier alpha value is -2.71. The molecule has 0 atom stereocenters. The third-order valence-electron chi connectivity index (χ3n) is 8.26. The molecular weight excluding hydrogens is 432 g/mol. The van der Waals surface area contributed by atoms with Crippen molar-refractivity contribution < 1.29 is 4.79 Å². The quantitative estimate of drug-likeness (QED) is 0.436. The number of nitriles is 1. The van der Waals surface area contributed by atoms with Crippen molar-refractivity contribution in [2.45, 2.75) is 91.0 Å². The van der Waals surface area contributed by atoms with Gasteiger partial charge in [-0.3, -0.25) is 4.79 Å². The van der Waals surface area contributed by atoms with Crippen LogP contribution in [0.1, 0.15) is 112 Å². The Labute approximate surface area is 210 Å². The number of carbonyl (C=O) groups is 1. The number of hydrogen-bond acceptors (Lipinski definition) is 4. The molecule has 4 rings (SSSR count). The van der Waals surface area contributed by atoms with Crippen LogP contribution in [0.15, 0.2) is 30.5 Å². The first kappa shape index (κ1) is 25.4. The lowest BCUT2D eigenvalue weighted by molar-refractivity contribution is 0.0984. The van der Waals surface area contributed by atoms with Crippen molar-refractivity contribution in [2.24, 2.45) is 5.41 Å². The first-order chi connectivity index (χ1) is 16.8. The molecule has 0 unspecified atom stereocenters. The van der Waals surface area contributed by atoms with E-state index in [9.17, 15) is 4.79 Å². The molecule has 0 saturated heterocycles. The average molecular weight is 473 g/mol. The number of rotatable bonds is 8. The minimum atomic E-state index is -0.0722. The van der Waals surface area contributed by atoms with Crippen molar-refractivity contribution in [3.63, 3.8) is 0 Å². The number of imidazole rings is 1. The maximum Gasteiger partial charge on any atom is 0.202 e. The number of ketones is 1. The number of hydrogen-bond donors (Lipinski definition) is 1. The maximum atomic E-state index is 13.0. The number of allylic oxidation sites excluding steroid dienone is 2. The zero-order chi connectivity index (χ0) is 25.0. The van der Waals surface area contributed by atoms with E-state index in [-0.39, 0.29) is 11.6 Å². The van der Waals surface area contributed by atoms with Crippen LogP contribution in [0.4, 0.5) is 0 Å². The lowest BCUT2D eigenvalue weighted by atomic mass is 9.75. The summed E-state index contributed by atoms with van der Waals surface area (Å²) in [5.74, 6) is 0.788. The number of Topliss-reactive ketones (excluding diaryl/α,β-unsaturated/α-hetero) is 1. The van der Waals surface area contributed by atoms with Gasteiger partial charge in [0.1, 0.15) is 11.8 Å². The summed E-state index contributed by atoms with van der Waals surface area (Å²) in [6.45, 7) is 11.5. The highest BCUT2D eigenvalue weighted by molar-refractivity contribution is 5.95. The lowest BCUT2D eigenvalue weighted by Crippen LogP contribution is -2.37. The molecule has 2 aromatic rings. The number of nitrogens with zero attached hydrogens (tertiary/aromatic N) is 3. The van der Waals surface area contributed by atoms with Gasteiger partial charge >= 0.3 is 0 Å². The molecule has 0 aliphatic heterocycles. The maximum absolute atomic E-state index is 13.0. The van der Waals surface area contributed by atoms with Crippen molar-refractivity contribution in [3.8, 4) is 6.07 Å². The number of benzene rings is 1. The van der Waals surface area contributed by atoms with Gasteiger partial charge in [0.05, 0.1) is 6.20 Å². The van der Waals surface area contributed by atoms with E-state index >= 15 is 0 Å². The van der Waals surface area contributed by atoms with Crippen LogP contribution in [0.3, 0.4) is 0 Å². The van der Waals surface area contributed by atoms with Gasteiger partial charge in [-0.2, -0.15) is 5.26 Å². The van der Waals surface area contributed by atoms with Crippen molar-refractivity contribution >= 4 is 11.4 Å². The molecule has 5 heteroatoms. The molecule has 5 nitrogen and oxygen atoms in total. The van der Waals surface area contributed by atoms with Gasteiger partial charge in [-0.05, 0) is 91.6 Å².